The first-order valence-corrected chi connectivity index (χ1v) is 8.82. The van der Waals surface area contributed by atoms with E-state index >= 15 is 0 Å². The SMILES string of the molecule is O=[N+]([O-])c1ccc(O)c(C=Nc2ccc3oc(-c4cncc(Br)c4)nc3c2)c1. The highest BCUT2D eigenvalue weighted by Crippen LogP contribution is 2.28. The minimum atomic E-state index is -0.531. The maximum atomic E-state index is 10.9. The van der Waals surface area contributed by atoms with E-state index in [1.165, 1.54) is 24.4 Å². The molecule has 0 spiro atoms. The van der Waals surface area contributed by atoms with Crippen molar-refractivity contribution in [2.24, 2.45) is 4.99 Å². The fourth-order valence-electron chi connectivity index (χ4n) is 2.55. The number of pyridine rings is 1. The van der Waals surface area contributed by atoms with Gasteiger partial charge in [0.05, 0.1) is 16.2 Å². The summed E-state index contributed by atoms with van der Waals surface area (Å²) in [6, 6.07) is 10.8. The van der Waals surface area contributed by atoms with E-state index < -0.39 is 4.92 Å². The first-order valence-electron chi connectivity index (χ1n) is 8.02. The van der Waals surface area contributed by atoms with Gasteiger partial charge in [0.1, 0.15) is 11.3 Å². The van der Waals surface area contributed by atoms with E-state index in [2.05, 4.69) is 30.9 Å². The maximum absolute atomic E-state index is 10.9. The number of phenols is 1. The van der Waals surface area contributed by atoms with Gasteiger partial charge in [-0.2, -0.15) is 0 Å². The van der Waals surface area contributed by atoms with Crippen LogP contribution in [0.5, 0.6) is 5.75 Å². The third-order valence-corrected chi connectivity index (χ3v) is 4.33. The molecule has 9 heteroatoms. The summed E-state index contributed by atoms with van der Waals surface area (Å²) in [5.41, 5.74) is 2.61. The summed E-state index contributed by atoms with van der Waals surface area (Å²) in [5, 5.41) is 20.7. The van der Waals surface area contributed by atoms with E-state index in [1.807, 2.05) is 6.07 Å². The van der Waals surface area contributed by atoms with E-state index in [1.54, 1.807) is 30.6 Å². The smallest absolute Gasteiger partial charge is 0.270 e. The summed E-state index contributed by atoms with van der Waals surface area (Å²) in [4.78, 5) is 23.2. The summed E-state index contributed by atoms with van der Waals surface area (Å²) in [7, 11) is 0. The lowest BCUT2D eigenvalue weighted by molar-refractivity contribution is -0.384. The predicted molar refractivity (Wildman–Crippen MR) is 107 cm³/mol. The van der Waals surface area contributed by atoms with Crippen molar-refractivity contribution in [1.82, 2.24) is 9.97 Å². The molecule has 8 nitrogen and oxygen atoms in total. The van der Waals surface area contributed by atoms with Gasteiger partial charge < -0.3 is 9.52 Å². The average Bonchev–Trinajstić information content (AvgIpc) is 3.10. The fourth-order valence-corrected chi connectivity index (χ4v) is 2.92. The molecule has 0 saturated heterocycles. The van der Waals surface area contributed by atoms with Crippen LogP contribution in [0.15, 0.2) is 68.7 Å². The lowest BCUT2D eigenvalue weighted by atomic mass is 10.2. The lowest BCUT2D eigenvalue weighted by Crippen LogP contribution is -1.90. The van der Waals surface area contributed by atoms with Gasteiger partial charge in [-0.1, -0.05) is 0 Å². The zero-order valence-corrected chi connectivity index (χ0v) is 15.7. The van der Waals surface area contributed by atoms with E-state index in [0.29, 0.717) is 22.7 Å². The number of benzene rings is 2. The van der Waals surface area contributed by atoms with Crippen LogP contribution >= 0.6 is 15.9 Å². The molecule has 0 aliphatic heterocycles. The first kappa shape index (κ1) is 17.8. The monoisotopic (exact) mass is 438 g/mol. The Bertz CT molecular complexity index is 1240. The van der Waals surface area contributed by atoms with E-state index in [4.69, 9.17) is 4.42 Å². The lowest BCUT2D eigenvalue weighted by Gasteiger charge is -1.99. The van der Waals surface area contributed by atoms with Crippen molar-refractivity contribution in [2.45, 2.75) is 0 Å². The summed E-state index contributed by atoms with van der Waals surface area (Å²) >= 11 is 3.36. The van der Waals surface area contributed by atoms with Gasteiger partial charge >= 0.3 is 0 Å². The molecule has 4 aromatic rings. The number of aromatic nitrogens is 2. The van der Waals surface area contributed by atoms with Crippen LogP contribution in [0.4, 0.5) is 11.4 Å². The Hall–Kier alpha value is -3.59. The van der Waals surface area contributed by atoms with Gasteiger partial charge in [0.25, 0.3) is 5.69 Å². The van der Waals surface area contributed by atoms with Crippen molar-refractivity contribution in [3.63, 3.8) is 0 Å². The molecule has 0 atom stereocenters. The molecule has 0 radical (unpaired) electrons. The molecule has 0 saturated carbocycles. The Kier molecular flexibility index (Phi) is 4.58. The Balaban J connectivity index is 1.66. The average molecular weight is 439 g/mol. The van der Waals surface area contributed by atoms with Crippen LogP contribution in [0.25, 0.3) is 22.6 Å². The number of nitrogens with zero attached hydrogens (tertiary/aromatic N) is 4. The second-order valence-corrected chi connectivity index (χ2v) is 6.74. The zero-order valence-electron chi connectivity index (χ0n) is 14.1. The number of fused-ring (bicyclic) bond motifs is 1. The molecule has 0 fully saturated rings. The molecule has 0 bridgehead atoms. The number of aromatic hydroxyl groups is 1. The third kappa shape index (κ3) is 3.60. The number of non-ortho nitro benzene ring substituents is 1. The van der Waals surface area contributed by atoms with Crippen molar-refractivity contribution in [3.05, 3.63) is 75.0 Å². The van der Waals surface area contributed by atoms with Crippen LogP contribution in [-0.2, 0) is 0 Å². The van der Waals surface area contributed by atoms with Gasteiger partial charge in [-0.3, -0.25) is 20.1 Å². The van der Waals surface area contributed by atoms with E-state index in [0.717, 1.165) is 10.0 Å². The number of rotatable bonds is 4. The zero-order chi connectivity index (χ0) is 19.7. The number of oxazole rings is 1. The van der Waals surface area contributed by atoms with Gasteiger partial charge in [0, 0.05) is 40.8 Å². The Morgan fingerprint density at radius 2 is 2.04 bits per heavy atom. The number of halogens is 1. The molecule has 0 aliphatic carbocycles. The molecule has 0 amide bonds. The summed E-state index contributed by atoms with van der Waals surface area (Å²) in [6.07, 6.45) is 4.69. The topological polar surface area (TPSA) is 115 Å². The number of hydrogen-bond donors (Lipinski definition) is 1. The van der Waals surface area contributed by atoms with Crippen molar-refractivity contribution in [3.8, 4) is 17.2 Å². The molecule has 4 rings (SSSR count). The van der Waals surface area contributed by atoms with E-state index in [9.17, 15) is 15.2 Å². The normalized spacial score (nSPS) is 11.3. The number of phenolic OH excluding ortho intramolecular Hbond substituents is 1. The van der Waals surface area contributed by atoms with Gasteiger partial charge in [-0.15, -0.1) is 0 Å². The Morgan fingerprint density at radius 3 is 2.82 bits per heavy atom. The molecule has 138 valence electrons. The standard InChI is InChI=1S/C19H11BrN4O4/c20-13-5-12(8-21-10-13)19-23-16-7-14(1-4-18(16)28-19)22-9-11-6-15(24(26)27)2-3-17(11)25/h1-10,25H. The highest BCUT2D eigenvalue weighted by atomic mass is 79.9. The quantitative estimate of drug-likeness (QED) is 0.271. The van der Waals surface area contributed by atoms with Crippen LogP contribution in [-0.4, -0.2) is 26.2 Å². The number of aliphatic imine (C=N–C) groups is 1. The molecule has 2 aromatic heterocycles. The second-order valence-electron chi connectivity index (χ2n) is 5.82. The molecular weight excluding hydrogens is 428 g/mol. The number of nitro benzene ring substituents is 1. The van der Waals surface area contributed by atoms with Crippen LogP contribution in [0.3, 0.4) is 0 Å². The van der Waals surface area contributed by atoms with Crippen LogP contribution in [0, 0.1) is 10.1 Å². The Labute approximate surface area is 166 Å². The van der Waals surface area contributed by atoms with Crippen LogP contribution in [0.1, 0.15) is 5.56 Å². The molecule has 2 heterocycles. The molecule has 0 aliphatic rings. The Morgan fingerprint density at radius 1 is 1.18 bits per heavy atom. The van der Waals surface area contributed by atoms with Gasteiger partial charge in [0.15, 0.2) is 5.58 Å². The second kappa shape index (κ2) is 7.20. The molecule has 2 aromatic carbocycles. The largest absolute Gasteiger partial charge is 0.507 e. The van der Waals surface area contributed by atoms with Crippen LogP contribution in [0.2, 0.25) is 0 Å². The van der Waals surface area contributed by atoms with Crippen molar-refractivity contribution in [2.75, 3.05) is 0 Å². The minimum absolute atomic E-state index is 0.0960. The highest BCUT2D eigenvalue weighted by molar-refractivity contribution is 9.10. The predicted octanol–water partition coefficient (Wildman–Crippen LogP) is 5.02. The van der Waals surface area contributed by atoms with Crippen molar-refractivity contribution >= 4 is 44.6 Å². The molecule has 28 heavy (non-hydrogen) atoms. The number of nitro groups is 1. The molecule has 1 N–H and O–H groups in total. The highest BCUT2D eigenvalue weighted by Gasteiger charge is 2.11. The molecule has 0 unspecified atom stereocenters. The van der Waals surface area contributed by atoms with Crippen molar-refractivity contribution in [1.29, 1.82) is 0 Å². The summed E-state index contributed by atoms with van der Waals surface area (Å²) < 4.78 is 6.56. The van der Waals surface area contributed by atoms with Crippen LogP contribution < -0.4 is 0 Å². The minimum Gasteiger partial charge on any atom is -0.507 e. The van der Waals surface area contributed by atoms with Gasteiger partial charge in [0.2, 0.25) is 5.89 Å². The summed E-state index contributed by atoms with van der Waals surface area (Å²) in [6.45, 7) is 0. The third-order valence-electron chi connectivity index (χ3n) is 3.90. The summed E-state index contributed by atoms with van der Waals surface area (Å²) in [5.74, 6) is 0.336. The first-order chi connectivity index (χ1) is 13.5. The molecular formula is C19H11BrN4O4. The number of hydrogen-bond acceptors (Lipinski definition) is 7. The van der Waals surface area contributed by atoms with Gasteiger partial charge in [-0.05, 0) is 46.3 Å². The fraction of sp³-hybridized carbons (Fsp3) is 0. The van der Waals surface area contributed by atoms with Gasteiger partial charge in [-0.25, -0.2) is 4.98 Å². The van der Waals surface area contributed by atoms with E-state index in [-0.39, 0.29) is 17.0 Å². The maximum Gasteiger partial charge on any atom is 0.270 e. The van der Waals surface area contributed by atoms with Crippen molar-refractivity contribution < 1.29 is 14.4 Å².